The van der Waals surface area contributed by atoms with Gasteiger partial charge in [0.05, 0.1) is 0 Å². The van der Waals surface area contributed by atoms with Crippen LogP contribution in [0.5, 0.6) is 0 Å². The Morgan fingerprint density at radius 2 is 1.10 bits per heavy atom. The van der Waals surface area contributed by atoms with Gasteiger partial charge in [0.15, 0.2) is 0 Å². The van der Waals surface area contributed by atoms with Crippen LogP contribution in [0.4, 0.5) is 0 Å². The van der Waals surface area contributed by atoms with E-state index in [1.807, 2.05) is 0 Å². The number of hydrogen-bond donors (Lipinski definition) is 0. The summed E-state index contributed by atoms with van der Waals surface area (Å²) in [6.07, 6.45) is 16.3. The van der Waals surface area contributed by atoms with E-state index in [1.54, 1.807) is 0 Å². The first-order chi connectivity index (χ1) is 9.81. The third-order valence-corrected chi connectivity index (χ3v) is 6.05. The molecule has 2 saturated carbocycles. The molecule has 2 rings (SSSR count). The van der Waals surface area contributed by atoms with Crippen LogP contribution < -0.4 is 0 Å². The minimum atomic E-state index is 0.867. The van der Waals surface area contributed by atoms with Gasteiger partial charge in [-0.2, -0.15) is 0 Å². The van der Waals surface area contributed by atoms with Crippen LogP contribution >= 0.6 is 0 Å². The smallest absolute Gasteiger partial charge is 0.0494 e. The average molecular weight is 280 g/mol. The largest absolute Gasteiger partial charge is 0.381 e. The minimum absolute atomic E-state index is 0.867. The van der Waals surface area contributed by atoms with Crippen molar-refractivity contribution in [2.45, 2.75) is 84.5 Å². The molecule has 0 atom stereocenters. The molecule has 0 aromatic carbocycles. The number of hydrogen-bond acceptors (Lipinski definition) is 1. The Morgan fingerprint density at radius 3 is 1.55 bits per heavy atom. The molecule has 0 bridgehead atoms. The Labute approximate surface area is 126 Å². The van der Waals surface area contributed by atoms with E-state index in [0.29, 0.717) is 0 Å². The third-order valence-electron chi connectivity index (χ3n) is 6.05. The monoisotopic (exact) mass is 280 g/mol. The summed E-state index contributed by atoms with van der Waals surface area (Å²) in [7, 11) is 0. The molecule has 0 saturated heterocycles. The molecule has 118 valence electrons. The highest BCUT2D eigenvalue weighted by atomic mass is 16.5. The molecule has 1 heteroatoms. The first kappa shape index (κ1) is 16.3. The molecule has 0 radical (unpaired) electrons. The van der Waals surface area contributed by atoms with Crippen LogP contribution in [0.1, 0.15) is 84.5 Å². The minimum Gasteiger partial charge on any atom is -0.381 e. The molecule has 2 aliphatic rings. The van der Waals surface area contributed by atoms with Gasteiger partial charge in [-0.3, -0.25) is 0 Å². The van der Waals surface area contributed by atoms with Gasteiger partial charge in [-0.15, -0.1) is 0 Å². The van der Waals surface area contributed by atoms with Gasteiger partial charge in [0.2, 0.25) is 0 Å². The summed E-state index contributed by atoms with van der Waals surface area (Å²) in [6.45, 7) is 6.38. The maximum Gasteiger partial charge on any atom is 0.0494 e. The summed E-state index contributed by atoms with van der Waals surface area (Å²) in [5.41, 5.74) is 0. The van der Waals surface area contributed by atoms with Gasteiger partial charge in [-0.1, -0.05) is 64.7 Å². The fourth-order valence-corrected chi connectivity index (χ4v) is 4.37. The van der Waals surface area contributed by atoms with Gasteiger partial charge in [-0.05, 0) is 43.4 Å². The molecule has 2 fully saturated rings. The Balaban J connectivity index is 1.55. The summed E-state index contributed by atoms with van der Waals surface area (Å²) in [4.78, 5) is 0. The van der Waals surface area contributed by atoms with E-state index in [9.17, 15) is 0 Å². The molecule has 0 aromatic heterocycles. The van der Waals surface area contributed by atoms with Gasteiger partial charge < -0.3 is 4.74 Å². The number of ether oxygens (including phenoxy) is 1. The average Bonchev–Trinajstić information content (AvgIpc) is 2.52. The highest BCUT2D eigenvalue weighted by Crippen LogP contribution is 2.37. The van der Waals surface area contributed by atoms with Crippen molar-refractivity contribution in [2.24, 2.45) is 23.7 Å². The van der Waals surface area contributed by atoms with Gasteiger partial charge in [-0.25, -0.2) is 0 Å². The lowest BCUT2D eigenvalue weighted by atomic mass is 9.75. The lowest BCUT2D eigenvalue weighted by Crippen LogP contribution is -2.20. The van der Waals surface area contributed by atoms with E-state index in [4.69, 9.17) is 4.74 Å². The highest BCUT2D eigenvalue weighted by molar-refractivity contribution is 4.76. The van der Waals surface area contributed by atoms with Crippen molar-refractivity contribution < 1.29 is 4.74 Å². The normalized spacial score (nSPS) is 35.1. The predicted molar refractivity (Wildman–Crippen MR) is 86.9 cm³/mol. The second-order valence-corrected chi connectivity index (χ2v) is 7.42. The van der Waals surface area contributed by atoms with Crippen LogP contribution in [0.3, 0.4) is 0 Å². The topological polar surface area (TPSA) is 9.23 Å². The van der Waals surface area contributed by atoms with E-state index in [-0.39, 0.29) is 0 Å². The van der Waals surface area contributed by atoms with Gasteiger partial charge in [0.25, 0.3) is 0 Å². The summed E-state index contributed by atoms with van der Waals surface area (Å²) in [5, 5.41) is 0. The molecule has 2 aliphatic carbocycles. The van der Waals surface area contributed by atoms with Gasteiger partial charge in [0, 0.05) is 13.2 Å². The Kier molecular flexibility index (Phi) is 7.41. The molecule has 0 amide bonds. The fourth-order valence-electron chi connectivity index (χ4n) is 4.37. The Morgan fingerprint density at radius 1 is 0.650 bits per heavy atom. The van der Waals surface area contributed by atoms with Crippen molar-refractivity contribution in [3.05, 3.63) is 0 Å². The molecular formula is C19H36O. The van der Waals surface area contributed by atoms with Crippen LogP contribution in [0, 0.1) is 23.7 Å². The van der Waals surface area contributed by atoms with Crippen LogP contribution in [0.25, 0.3) is 0 Å². The van der Waals surface area contributed by atoms with Crippen molar-refractivity contribution in [1.29, 1.82) is 0 Å². The molecule has 20 heavy (non-hydrogen) atoms. The second-order valence-electron chi connectivity index (χ2n) is 7.42. The van der Waals surface area contributed by atoms with Crippen LogP contribution in [-0.4, -0.2) is 13.2 Å². The molecule has 0 aliphatic heterocycles. The molecule has 0 spiro atoms. The van der Waals surface area contributed by atoms with Crippen molar-refractivity contribution in [1.82, 2.24) is 0 Å². The standard InChI is InChI=1S/C19H36O/c1-3-16-5-7-17(8-6-16)9-10-18-11-13-19(14-12-18)15-20-4-2/h16-19H,3-15H2,1-2H3. The molecule has 0 N–H and O–H groups in total. The van der Waals surface area contributed by atoms with E-state index >= 15 is 0 Å². The maximum absolute atomic E-state index is 5.58. The summed E-state index contributed by atoms with van der Waals surface area (Å²) in [6, 6.07) is 0. The first-order valence-corrected chi connectivity index (χ1v) is 9.39. The van der Waals surface area contributed by atoms with Crippen molar-refractivity contribution in [3.63, 3.8) is 0 Å². The van der Waals surface area contributed by atoms with E-state index in [0.717, 1.165) is 36.9 Å². The summed E-state index contributed by atoms with van der Waals surface area (Å²) in [5.74, 6) is 4.03. The number of rotatable bonds is 7. The van der Waals surface area contributed by atoms with Gasteiger partial charge >= 0.3 is 0 Å². The summed E-state index contributed by atoms with van der Waals surface area (Å²) >= 11 is 0. The van der Waals surface area contributed by atoms with Crippen LogP contribution in [-0.2, 0) is 4.74 Å². The zero-order valence-corrected chi connectivity index (χ0v) is 13.9. The molecule has 0 aromatic rings. The van der Waals surface area contributed by atoms with Crippen molar-refractivity contribution in [2.75, 3.05) is 13.2 Å². The Bertz CT molecular complexity index is 234. The molecule has 1 nitrogen and oxygen atoms in total. The lowest BCUT2D eigenvalue weighted by Gasteiger charge is -2.31. The molecule has 0 unspecified atom stereocenters. The zero-order valence-electron chi connectivity index (χ0n) is 13.9. The molecule has 0 heterocycles. The van der Waals surface area contributed by atoms with E-state index < -0.39 is 0 Å². The van der Waals surface area contributed by atoms with E-state index in [2.05, 4.69) is 13.8 Å². The van der Waals surface area contributed by atoms with Crippen LogP contribution in [0.15, 0.2) is 0 Å². The lowest BCUT2D eigenvalue weighted by molar-refractivity contribution is 0.0843. The van der Waals surface area contributed by atoms with Crippen LogP contribution in [0.2, 0.25) is 0 Å². The summed E-state index contributed by atoms with van der Waals surface area (Å²) < 4.78 is 5.58. The maximum atomic E-state index is 5.58. The second kappa shape index (κ2) is 9.07. The quantitative estimate of drug-likeness (QED) is 0.570. The third kappa shape index (κ3) is 5.39. The fraction of sp³-hybridized carbons (Fsp3) is 1.00. The van der Waals surface area contributed by atoms with Crippen molar-refractivity contribution in [3.8, 4) is 0 Å². The molecular weight excluding hydrogens is 244 g/mol. The van der Waals surface area contributed by atoms with E-state index in [1.165, 1.54) is 70.6 Å². The SMILES string of the molecule is CCOCC1CCC(CCC2CCC(CC)CC2)CC1. The zero-order chi connectivity index (χ0) is 14.2. The predicted octanol–water partition coefficient (Wildman–Crippen LogP) is 5.83. The first-order valence-electron chi connectivity index (χ1n) is 9.39. The van der Waals surface area contributed by atoms with Crippen molar-refractivity contribution >= 4 is 0 Å². The Hall–Kier alpha value is -0.0400. The van der Waals surface area contributed by atoms with Gasteiger partial charge in [0.1, 0.15) is 0 Å². The highest BCUT2D eigenvalue weighted by Gasteiger charge is 2.24.